The number of hydrogen-bond donors (Lipinski definition) is 1. The Bertz CT molecular complexity index is 485. The molecule has 0 aromatic heterocycles. The Kier molecular flexibility index (Phi) is 46.2. The summed E-state index contributed by atoms with van der Waals surface area (Å²) in [5, 5.41) is 3.12. The van der Waals surface area contributed by atoms with Crippen LogP contribution in [0.1, 0.15) is 67.2 Å². The molecule has 0 aliphatic carbocycles. The predicted octanol–water partition coefficient (Wildman–Crippen LogP) is 8.62. The largest absolute Gasteiger partial charge is 0.315 e. The first-order valence-electron chi connectivity index (χ1n) is 11.4. The lowest BCUT2D eigenvalue weighted by atomic mass is 10.1. The first-order valence-corrected chi connectivity index (χ1v) is 12.8. The molecule has 0 aliphatic rings. The van der Waals surface area contributed by atoms with Gasteiger partial charge in [0.1, 0.15) is 0 Å². The van der Waals surface area contributed by atoms with Crippen LogP contribution in [-0.4, -0.2) is 38.4 Å². The normalized spacial score (nSPS) is 10.9. The van der Waals surface area contributed by atoms with Crippen molar-refractivity contribution in [1.82, 2.24) is 5.32 Å². The van der Waals surface area contributed by atoms with Gasteiger partial charge in [-0.25, -0.2) is 0 Å². The van der Waals surface area contributed by atoms with Gasteiger partial charge in [0.25, 0.3) is 0 Å². The molecule has 0 saturated heterocycles. The molecule has 0 saturated carbocycles. The molecule has 0 fully saturated rings. The molecule has 0 rings (SSSR count). The Morgan fingerprint density at radius 1 is 1.06 bits per heavy atom. The smallest absolute Gasteiger partial charge is 0.0507 e. The Balaban J connectivity index is -0.000000169. The number of hydrogen-bond acceptors (Lipinski definition) is 3. The maximum atomic E-state index is 3.72. The van der Waals surface area contributed by atoms with Gasteiger partial charge in [-0.15, -0.1) is 6.58 Å². The summed E-state index contributed by atoms with van der Waals surface area (Å²) in [5.74, 6) is 1.05. The molecule has 0 bridgehead atoms. The van der Waals surface area contributed by atoms with Crippen LogP contribution in [0.25, 0.3) is 0 Å². The van der Waals surface area contributed by atoms with Crippen LogP contribution in [0, 0.1) is 0 Å². The maximum Gasteiger partial charge on any atom is 0.0507 e. The van der Waals surface area contributed by atoms with Gasteiger partial charge in [-0.1, -0.05) is 88.0 Å². The Labute approximate surface area is 200 Å². The lowest BCUT2D eigenvalue weighted by Crippen LogP contribution is -2.15. The van der Waals surface area contributed by atoms with Crippen molar-refractivity contribution in [2.24, 2.45) is 4.99 Å². The van der Waals surface area contributed by atoms with Gasteiger partial charge >= 0.3 is 0 Å². The van der Waals surface area contributed by atoms with Gasteiger partial charge in [-0.05, 0) is 65.1 Å². The van der Waals surface area contributed by atoms with Gasteiger partial charge in [0.15, 0.2) is 0 Å². The van der Waals surface area contributed by atoms with E-state index in [1.807, 2.05) is 43.8 Å². The van der Waals surface area contributed by atoms with E-state index >= 15 is 0 Å². The van der Waals surface area contributed by atoms with Gasteiger partial charge in [0.2, 0.25) is 0 Å². The maximum absolute atomic E-state index is 3.72. The molecule has 0 unspecified atom stereocenters. The van der Waals surface area contributed by atoms with E-state index in [0.717, 1.165) is 31.8 Å². The van der Waals surface area contributed by atoms with Crippen LogP contribution >= 0.6 is 11.8 Å². The topological polar surface area (TPSA) is 24.4 Å². The highest BCUT2D eigenvalue weighted by atomic mass is 32.2. The number of nitrogens with zero attached hydrogens (tertiary/aromatic N) is 1. The van der Waals surface area contributed by atoms with Crippen molar-refractivity contribution in [3.05, 3.63) is 72.9 Å². The van der Waals surface area contributed by atoms with Crippen molar-refractivity contribution in [3.8, 4) is 0 Å². The molecular formula is C28H52N2S. The summed E-state index contributed by atoms with van der Waals surface area (Å²) in [6, 6.07) is 0. The van der Waals surface area contributed by atoms with Crippen LogP contribution in [0.15, 0.2) is 77.9 Å². The fourth-order valence-corrected chi connectivity index (χ4v) is 2.43. The van der Waals surface area contributed by atoms with Crippen molar-refractivity contribution < 1.29 is 0 Å². The number of allylic oxidation sites excluding steroid dienone is 9. The van der Waals surface area contributed by atoms with Crippen molar-refractivity contribution in [2.45, 2.75) is 67.2 Å². The molecule has 1 N–H and O–H groups in total. The molecule has 0 aliphatic heterocycles. The number of nitrogens with one attached hydrogen (secondary N) is 1. The predicted molar refractivity (Wildman–Crippen MR) is 153 cm³/mol. The van der Waals surface area contributed by atoms with Gasteiger partial charge in [-0.3, -0.25) is 4.99 Å². The van der Waals surface area contributed by atoms with Crippen LogP contribution in [0.5, 0.6) is 0 Å². The minimum Gasteiger partial charge on any atom is -0.315 e. The van der Waals surface area contributed by atoms with E-state index in [2.05, 4.69) is 88.4 Å². The Hall–Kier alpha value is -1.58. The van der Waals surface area contributed by atoms with Crippen molar-refractivity contribution >= 4 is 18.5 Å². The van der Waals surface area contributed by atoms with Crippen molar-refractivity contribution in [3.63, 3.8) is 0 Å². The molecule has 0 aromatic carbocycles. The van der Waals surface area contributed by atoms with Gasteiger partial charge in [0.05, 0.1) is 6.54 Å². The van der Waals surface area contributed by atoms with E-state index in [0.29, 0.717) is 0 Å². The van der Waals surface area contributed by atoms with Crippen LogP contribution < -0.4 is 5.32 Å². The molecule has 3 heteroatoms. The molecule has 31 heavy (non-hydrogen) atoms. The third-order valence-electron chi connectivity index (χ3n) is 3.56. The van der Waals surface area contributed by atoms with E-state index < -0.39 is 0 Å². The summed E-state index contributed by atoms with van der Waals surface area (Å²) < 4.78 is 0. The van der Waals surface area contributed by atoms with Gasteiger partial charge in [-0.2, -0.15) is 11.8 Å². The number of thioether (sulfide) groups is 1. The second kappa shape index (κ2) is 39.0. The highest BCUT2D eigenvalue weighted by Gasteiger charge is 1.88. The minimum atomic E-state index is 0.827. The summed E-state index contributed by atoms with van der Waals surface area (Å²) in [4.78, 5) is 3.66. The highest BCUT2D eigenvalue weighted by molar-refractivity contribution is 7.98. The summed E-state index contributed by atoms with van der Waals surface area (Å²) in [6.45, 7) is 25.7. The summed E-state index contributed by atoms with van der Waals surface area (Å²) in [5.41, 5.74) is 2.86. The summed E-state index contributed by atoms with van der Waals surface area (Å²) >= 11 is 1.81. The molecule has 2 nitrogen and oxygen atoms in total. The molecule has 0 heterocycles. The molecule has 0 spiro atoms. The zero-order valence-electron chi connectivity index (χ0n) is 21.8. The van der Waals surface area contributed by atoms with E-state index in [9.17, 15) is 0 Å². The molecular weight excluding hydrogens is 396 g/mol. The molecule has 0 amide bonds. The number of likely N-dealkylation sites (N-methyl/N-ethyl adjacent to an activating group) is 1. The first-order chi connectivity index (χ1) is 15.0. The van der Waals surface area contributed by atoms with Crippen LogP contribution in [0.4, 0.5) is 0 Å². The zero-order chi connectivity index (χ0) is 24.6. The van der Waals surface area contributed by atoms with Gasteiger partial charge in [0, 0.05) is 12.3 Å². The molecule has 180 valence electrons. The van der Waals surface area contributed by atoms with Gasteiger partial charge < -0.3 is 5.32 Å². The fraction of sp³-hybridized carbons (Fsp3) is 0.536. The summed E-state index contributed by atoms with van der Waals surface area (Å²) in [7, 11) is 0. The highest BCUT2D eigenvalue weighted by Crippen LogP contribution is 2.09. The fourth-order valence-electron chi connectivity index (χ4n) is 1.89. The molecule has 0 radical (unpaired) electrons. The van der Waals surface area contributed by atoms with Crippen LogP contribution in [0.2, 0.25) is 0 Å². The number of unbranched alkanes of at least 4 members (excludes halogenated alkanes) is 1. The first kappa shape index (κ1) is 36.8. The lowest BCUT2D eigenvalue weighted by molar-refractivity contribution is 0.727. The van der Waals surface area contributed by atoms with E-state index in [4.69, 9.17) is 0 Å². The standard InChI is InChI=1S/C11H20.C9H14S.C5H12N2.C3H6/c1-4-7-9-11(6-3)10-8-5-2;1-4-6-7-9(5-2)8-10-3;1-3-7-5-4-6-2;1-3-2/h4,7,10H,5-6,8-9H2,1-3H3;4-7H,2,8H2,1,3H3;7H,2-5H2,1H3;3H,1H2,2H3/b7-4-,11-10-;6-4-,9-7+;;. The zero-order valence-corrected chi connectivity index (χ0v) is 22.6. The quantitative estimate of drug-likeness (QED) is 0.132. The third-order valence-corrected chi connectivity index (χ3v) is 4.19. The monoisotopic (exact) mass is 448 g/mol. The summed E-state index contributed by atoms with van der Waals surface area (Å²) in [6.07, 6.45) is 23.4. The van der Waals surface area contributed by atoms with E-state index in [-0.39, 0.29) is 0 Å². The Morgan fingerprint density at radius 2 is 1.71 bits per heavy atom. The second-order valence-corrected chi connectivity index (χ2v) is 7.26. The van der Waals surface area contributed by atoms with E-state index in [1.165, 1.54) is 24.8 Å². The van der Waals surface area contributed by atoms with E-state index in [1.54, 1.807) is 11.6 Å². The average Bonchev–Trinajstić information content (AvgIpc) is 2.78. The SMILES string of the molecule is C/C=C\C/C(=C\CCC)CC.C=C/C(=C\C=C/C)CSC.C=CC.C=NCCNCC. The number of rotatable bonds is 13. The Morgan fingerprint density at radius 3 is 2.10 bits per heavy atom. The van der Waals surface area contributed by atoms with Crippen molar-refractivity contribution in [1.29, 1.82) is 0 Å². The molecule has 0 atom stereocenters. The average molecular weight is 449 g/mol. The number of aliphatic imine (C=N–C) groups is 1. The second-order valence-electron chi connectivity index (χ2n) is 6.39. The van der Waals surface area contributed by atoms with Crippen LogP contribution in [0.3, 0.4) is 0 Å². The third kappa shape index (κ3) is 43.2. The molecule has 0 aromatic rings. The lowest BCUT2D eigenvalue weighted by Gasteiger charge is -1.98. The minimum absolute atomic E-state index is 0.827. The van der Waals surface area contributed by atoms with Crippen LogP contribution in [-0.2, 0) is 0 Å². The van der Waals surface area contributed by atoms with Crippen molar-refractivity contribution in [2.75, 3.05) is 31.6 Å².